The van der Waals surface area contributed by atoms with Crippen LogP contribution in [0.3, 0.4) is 0 Å². The summed E-state index contributed by atoms with van der Waals surface area (Å²) < 4.78 is 5.44. The maximum Gasteiger partial charge on any atom is 0.253 e. The molecule has 6 nitrogen and oxygen atoms in total. The summed E-state index contributed by atoms with van der Waals surface area (Å²) in [6.45, 7) is 5.46. The smallest absolute Gasteiger partial charge is 0.253 e. The van der Waals surface area contributed by atoms with Gasteiger partial charge < -0.3 is 14.5 Å². The monoisotopic (exact) mass is 376 g/mol. The van der Waals surface area contributed by atoms with Gasteiger partial charge in [0.2, 0.25) is 0 Å². The molecule has 0 bridgehead atoms. The normalized spacial score (nSPS) is 14.2. The van der Waals surface area contributed by atoms with E-state index in [1.54, 1.807) is 0 Å². The fourth-order valence-corrected chi connectivity index (χ4v) is 3.42. The van der Waals surface area contributed by atoms with Gasteiger partial charge >= 0.3 is 0 Å². The van der Waals surface area contributed by atoms with Crippen molar-refractivity contribution >= 4 is 11.7 Å². The van der Waals surface area contributed by atoms with Crippen LogP contribution in [0.5, 0.6) is 5.75 Å². The van der Waals surface area contributed by atoms with Gasteiger partial charge in [0.1, 0.15) is 5.75 Å². The third-order valence-corrected chi connectivity index (χ3v) is 4.95. The van der Waals surface area contributed by atoms with E-state index in [1.165, 1.54) is 0 Å². The lowest BCUT2D eigenvalue weighted by Gasteiger charge is -2.34. The molecule has 1 N–H and O–H groups in total. The molecule has 1 amide bonds. The fourth-order valence-electron chi connectivity index (χ4n) is 3.42. The molecule has 2 aromatic carbocycles. The van der Waals surface area contributed by atoms with Crippen LogP contribution in [0, 0.1) is 0 Å². The minimum Gasteiger partial charge on any atom is -0.494 e. The van der Waals surface area contributed by atoms with E-state index in [2.05, 4.69) is 33.3 Å². The van der Waals surface area contributed by atoms with E-state index in [-0.39, 0.29) is 5.91 Å². The topological polar surface area (TPSA) is 61.5 Å². The van der Waals surface area contributed by atoms with Crippen molar-refractivity contribution < 1.29 is 9.53 Å². The van der Waals surface area contributed by atoms with Gasteiger partial charge in [0.15, 0.2) is 5.82 Å². The van der Waals surface area contributed by atoms with Crippen LogP contribution in [0.15, 0.2) is 60.7 Å². The number of piperazine rings is 1. The molecular weight excluding hydrogens is 352 g/mol. The number of amides is 1. The molecule has 0 atom stereocenters. The number of ether oxygens (including phenoxy) is 1. The zero-order valence-corrected chi connectivity index (χ0v) is 16.0. The Bertz CT molecular complexity index is 913. The maximum atomic E-state index is 12.7. The number of nitrogens with zero attached hydrogens (tertiary/aromatic N) is 3. The van der Waals surface area contributed by atoms with Crippen molar-refractivity contribution in [3.8, 4) is 17.0 Å². The number of rotatable bonds is 5. The second-order valence-electron chi connectivity index (χ2n) is 6.74. The van der Waals surface area contributed by atoms with Crippen molar-refractivity contribution in [1.82, 2.24) is 15.1 Å². The van der Waals surface area contributed by atoms with Crippen LogP contribution >= 0.6 is 0 Å². The first-order valence-corrected chi connectivity index (χ1v) is 9.62. The average Bonchev–Trinajstić information content (AvgIpc) is 3.25. The van der Waals surface area contributed by atoms with E-state index >= 15 is 0 Å². The molecule has 0 saturated carbocycles. The first-order valence-electron chi connectivity index (χ1n) is 9.62. The summed E-state index contributed by atoms with van der Waals surface area (Å²) in [7, 11) is 0. The van der Waals surface area contributed by atoms with Crippen LogP contribution in [-0.2, 0) is 0 Å². The minimum atomic E-state index is 0.0645. The molecule has 3 aromatic rings. The van der Waals surface area contributed by atoms with Crippen LogP contribution < -0.4 is 9.64 Å². The average molecular weight is 376 g/mol. The van der Waals surface area contributed by atoms with E-state index < -0.39 is 0 Å². The van der Waals surface area contributed by atoms with Crippen molar-refractivity contribution in [2.75, 3.05) is 37.7 Å². The van der Waals surface area contributed by atoms with Crippen molar-refractivity contribution in [1.29, 1.82) is 0 Å². The summed E-state index contributed by atoms with van der Waals surface area (Å²) >= 11 is 0. The van der Waals surface area contributed by atoms with Gasteiger partial charge in [-0.1, -0.05) is 30.3 Å². The number of benzene rings is 2. The highest BCUT2D eigenvalue weighted by Gasteiger charge is 2.23. The molecule has 0 aliphatic carbocycles. The van der Waals surface area contributed by atoms with Gasteiger partial charge in [-0.25, -0.2) is 0 Å². The Balaban J connectivity index is 1.37. The number of nitrogens with one attached hydrogen (secondary N) is 1. The molecular formula is C22H24N4O2. The molecule has 1 aliphatic rings. The molecule has 1 fully saturated rings. The van der Waals surface area contributed by atoms with Gasteiger partial charge in [-0.05, 0) is 36.8 Å². The number of hydrogen-bond acceptors (Lipinski definition) is 4. The van der Waals surface area contributed by atoms with Crippen LogP contribution in [-0.4, -0.2) is 53.8 Å². The Morgan fingerprint density at radius 2 is 1.75 bits per heavy atom. The molecule has 0 radical (unpaired) electrons. The Morgan fingerprint density at radius 3 is 2.43 bits per heavy atom. The van der Waals surface area contributed by atoms with Crippen molar-refractivity contribution in [2.45, 2.75) is 6.92 Å². The van der Waals surface area contributed by atoms with E-state index in [4.69, 9.17) is 4.74 Å². The summed E-state index contributed by atoms with van der Waals surface area (Å²) in [6, 6.07) is 19.6. The van der Waals surface area contributed by atoms with E-state index in [0.717, 1.165) is 35.9 Å². The molecule has 1 aromatic heterocycles. The highest BCUT2D eigenvalue weighted by Crippen LogP contribution is 2.23. The van der Waals surface area contributed by atoms with Gasteiger partial charge in [-0.15, -0.1) is 0 Å². The fraction of sp³-hybridized carbons (Fsp3) is 0.273. The van der Waals surface area contributed by atoms with Crippen molar-refractivity contribution in [3.05, 3.63) is 66.2 Å². The van der Waals surface area contributed by atoms with Gasteiger partial charge in [0.05, 0.1) is 12.3 Å². The van der Waals surface area contributed by atoms with Gasteiger partial charge in [-0.2, -0.15) is 5.10 Å². The Hall–Kier alpha value is -3.28. The third kappa shape index (κ3) is 3.86. The highest BCUT2D eigenvalue weighted by molar-refractivity contribution is 5.94. The first kappa shape index (κ1) is 18.1. The first-order chi connectivity index (χ1) is 13.7. The van der Waals surface area contributed by atoms with Crippen LogP contribution in [0.2, 0.25) is 0 Å². The molecule has 1 aliphatic heterocycles. The van der Waals surface area contributed by atoms with Crippen molar-refractivity contribution in [2.24, 2.45) is 0 Å². The van der Waals surface area contributed by atoms with Gasteiger partial charge in [0.25, 0.3) is 5.91 Å². The van der Waals surface area contributed by atoms with E-state index in [9.17, 15) is 4.79 Å². The highest BCUT2D eigenvalue weighted by atomic mass is 16.5. The minimum absolute atomic E-state index is 0.0645. The van der Waals surface area contributed by atoms with E-state index in [0.29, 0.717) is 25.3 Å². The molecule has 0 spiro atoms. The molecule has 28 heavy (non-hydrogen) atoms. The van der Waals surface area contributed by atoms with Gasteiger partial charge in [-0.3, -0.25) is 9.89 Å². The lowest BCUT2D eigenvalue weighted by molar-refractivity contribution is 0.0746. The third-order valence-electron chi connectivity index (χ3n) is 4.95. The second-order valence-corrected chi connectivity index (χ2v) is 6.74. The Labute approximate surface area is 164 Å². The lowest BCUT2D eigenvalue weighted by atomic mass is 10.1. The molecule has 2 heterocycles. The molecule has 4 rings (SSSR count). The summed E-state index contributed by atoms with van der Waals surface area (Å²) in [6.07, 6.45) is 0. The quantitative estimate of drug-likeness (QED) is 0.741. The number of H-pyrrole nitrogens is 1. The van der Waals surface area contributed by atoms with Crippen LogP contribution in [0.25, 0.3) is 11.3 Å². The SMILES string of the molecule is CCOc1ccc(C(=O)N2CCN(c3cc(-c4ccccc4)[nH]n3)CC2)cc1. The Kier molecular flexibility index (Phi) is 5.28. The summed E-state index contributed by atoms with van der Waals surface area (Å²) in [5, 5.41) is 7.57. The summed E-state index contributed by atoms with van der Waals surface area (Å²) in [5.74, 6) is 1.78. The molecule has 144 valence electrons. The number of anilines is 1. The zero-order chi connectivity index (χ0) is 19.3. The summed E-state index contributed by atoms with van der Waals surface area (Å²) in [4.78, 5) is 16.9. The largest absolute Gasteiger partial charge is 0.494 e. The number of carbonyl (C=O) groups is 1. The number of carbonyl (C=O) groups excluding carboxylic acids is 1. The number of hydrogen-bond donors (Lipinski definition) is 1. The van der Waals surface area contributed by atoms with Crippen LogP contribution in [0.1, 0.15) is 17.3 Å². The van der Waals surface area contributed by atoms with Gasteiger partial charge in [0, 0.05) is 37.8 Å². The molecule has 6 heteroatoms. The predicted molar refractivity (Wildman–Crippen MR) is 110 cm³/mol. The second kappa shape index (κ2) is 8.17. The predicted octanol–water partition coefficient (Wildman–Crippen LogP) is 3.44. The van der Waals surface area contributed by atoms with E-state index in [1.807, 2.05) is 54.3 Å². The summed E-state index contributed by atoms with van der Waals surface area (Å²) in [5.41, 5.74) is 2.82. The number of aromatic nitrogens is 2. The Morgan fingerprint density at radius 1 is 1.04 bits per heavy atom. The van der Waals surface area contributed by atoms with Crippen LogP contribution in [0.4, 0.5) is 5.82 Å². The van der Waals surface area contributed by atoms with Crippen molar-refractivity contribution in [3.63, 3.8) is 0 Å². The number of aromatic amines is 1. The zero-order valence-electron chi connectivity index (χ0n) is 16.0. The molecule has 0 unspecified atom stereocenters. The standard InChI is InChI=1S/C22H24N4O2/c1-2-28-19-10-8-18(9-11-19)22(27)26-14-12-25(13-15-26)21-16-20(23-24-21)17-6-4-3-5-7-17/h3-11,16H,2,12-15H2,1H3,(H,23,24). The maximum absolute atomic E-state index is 12.7. The lowest BCUT2D eigenvalue weighted by Crippen LogP contribution is -2.48. The molecule has 1 saturated heterocycles.